The van der Waals surface area contributed by atoms with Gasteiger partial charge in [-0.2, -0.15) is 25.5 Å². The lowest BCUT2D eigenvalue weighted by Gasteiger charge is -2.10. The summed E-state index contributed by atoms with van der Waals surface area (Å²) >= 11 is 0. The van der Waals surface area contributed by atoms with Gasteiger partial charge in [0.15, 0.2) is 5.82 Å². The summed E-state index contributed by atoms with van der Waals surface area (Å²) in [7, 11) is 3.55. The maximum absolute atomic E-state index is 9.34. The maximum Gasteiger partial charge on any atom is 0.230 e. The Hall–Kier alpha value is -3.45. The fraction of sp³-hybridized carbons (Fsp3) is 0.133. The molecule has 2 rings (SSSR count). The number of nitriles is 2. The Balaban J connectivity index is 2.45. The first-order chi connectivity index (χ1) is 10.5. The SMILES string of the molecule is CN(C)c1nc(N)nc(/C(C#N)=C/c2ccc(C#N)cc2)n1. The van der Waals surface area contributed by atoms with Crippen LogP contribution in [0.4, 0.5) is 11.9 Å². The monoisotopic (exact) mass is 291 g/mol. The van der Waals surface area contributed by atoms with Gasteiger partial charge in [0.2, 0.25) is 11.9 Å². The van der Waals surface area contributed by atoms with Crippen LogP contribution in [0.1, 0.15) is 17.0 Å². The smallest absolute Gasteiger partial charge is 0.230 e. The second-order valence-electron chi connectivity index (χ2n) is 4.62. The minimum atomic E-state index is 0.0506. The molecule has 2 N–H and O–H groups in total. The third kappa shape index (κ3) is 3.35. The van der Waals surface area contributed by atoms with Crippen molar-refractivity contribution in [2.45, 2.75) is 0 Å². The molecule has 0 aliphatic carbocycles. The molecule has 1 heterocycles. The first-order valence-electron chi connectivity index (χ1n) is 6.34. The van der Waals surface area contributed by atoms with E-state index in [9.17, 15) is 5.26 Å². The zero-order valence-corrected chi connectivity index (χ0v) is 12.1. The summed E-state index contributed by atoms with van der Waals surface area (Å²) in [5.41, 5.74) is 7.24. The normalized spacial score (nSPS) is 10.6. The van der Waals surface area contributed by atoms with Crippen LogP contribution in [0.3, 0.4) is 0 Å². The lowest BCUT2D eigenvalue weighted by Crippen LogP contribution is -2.15. The van der Waals surface area contributed by atoms with Crippen molar-refractivity contribution in [2.24, 2.45) is 0 Å². The van der Waals surface area contributed by atoms with Gasteiger partial charge in [0.05, 0.1) is 17.2 Å². The van der Waals surface area contributed by atoms with Crippen molar-refractivity contribution in [1.82, 2.24) is 15.0 Å². The van der Waals surface area contributed by atoms with Crippen molar-refractivity contribution < 1.29 is 0 Å². The van der Waals surface area contributed by atoms with Crippen LogP contribution in [-0.4, -0.2) is 29.0 Å². The minimum Gasteiger partial charge on any atom is -0.368 e. The summed E-state index contributed by atoms with van der Waals surface area (Å²) in [5.74, 6) is 0.640. The van der Waals surface area contributed by atoms with Crippen LogP contribution in [0.15, 0.2) is 24.3 Å². The molecule has 0 spiro atoms. The number of allylic oxidation sites excluding steroid dienone is 1. The zero-order chi connectivity index (χ0) is 16.1. The Morgan fingerprint density at radius 3 is 2.36 bits per heavy atom. The number of hydrogen-bond donors (Lipinski definition) is 1. The fourth-order valence-electron chi connectivity index (χ4n) is 1.67. The lowest BCUT2D eigenvalue weighted by atomic mass is 10.1. The molecule has 0 aliphatic heterocycles. The van der Waals surface area contributed by atoms with Gasteiger partial charge >= 0.3 is 0 Å². The van der Waals surface area contributed by atoms with Crippen LogP contribution in [0.25, 0.3) is 11.6 Å². The van der Waals surface area contributed by atoms with E-state index in [4.69, 9.17) is 11.0 Å². The van der Waals surface area contributed by atoms with Crippen LogP contribution >= 0.6 is 0 Å². The molecule has 0 saturated heterocycles. The van der Waals surface area contributed by atoms with Crippen molar-refractivity contribution in [2.75, 3.05) is 24.7 Å². The van der Waals surface area contributed by atoms with E-state index in [0.29, 0.717) is 11.5 Å². The predicted octanol–water partition coefficient (Wildman–Crippen LogP) is 1.46. The number of hydrogen-bond acceptors (Lipinski definition) is 7. The van der Waals surface area contributed by atoms with Crippen LogP contribution in [0, 0.1) is 22.7 Å². The molecule has 0 fully saturated rings. The van der Waals surface area contributed by atoms with Crippen LogP contribution in [0.2, 0.25) is 0 Å². The van der Waals surface area contributed by atoms with Gasteiger partial charge in [0.1, 0.15) is 6.07 Å². The van der Waals surface area contributed by atoms with Crippen LogP contribution in [0.5, 0.6) is 0 Å². The quantitative estimate of drug-likeness (QED) is 0.851. The van der Waals surface area contributed by atoms with Crippen molar-refractivity contribution in [1.29, 1.82) is 10.5 Å². The summed E-state index contributed by atoms with van der Waals surface area (Å²) < 4.78 is 0. The summed E-state index contributed by atoms with van der Waals surface area (Å²) in [6.45, 7) is 0. The highest BCUT2D eigenvalue weighted by Gasteiger charge is 2.10. The Kier molecular flexibility index (Phi) is 4.30. The van der Waals surface area contributed by atoms with E-state index in [-0.39, 0.29) is 17.3 Å². The van der Waals surface area contributed by atoms with Crippen molar-refractivity contribution in [3.63, 3.8) is 0 Å². The van der Waals surface area contributed by atoms with Gasteiger partial charge in [-0.3, -0.25) is 0 Å². The molecule has 0 unspecified atom stereocenters. The largest absolute Gasteiger partial charge is 0.368 e. The van der Waals surface area contributed by atoms with Crippen LogP contribution < -0.4 is 10.6 Å². The Labute approximate surface area is 128 Å². The summed E-state index contributed by atoms with van der Waals surface area (Å²) in [5, 5.41) is 18.1. The predicted molar refractivity (Wildman–Crippen MR) is 83.2 cm³/mol. The van der Waals surface area contributed by atoms with Gasteiger partial charge in [-0.05, 0) is 23.8 Å². The van der Waals surface area contributed by atoms with E-state index in [1.165, 1.54) is 0 Å². The molecule has 0 radical (unpaired) electrons. The number of nitrogens with two attached hydrogens (primary N) is 1. The first-order valence-corrected chi connectivity index (χ1v) is 6.34. The minimum absolute atomic E-state index is 0.0506. The zero-order valence-electron chi connectivity index (χ0n) is 12.1. The second-order valence-corrected chi connectivity index (χ2v) is 4.62. The molecule has 108 valence electrons. The standard InChI is InChI=1S/C15H13N7/c1-22(2)15-20-13(19-14(18)21-15)12(9-17)7-10-3-5-11(8-16)6-4-10/h3-7H,1-2H3,(H2,18,19,20,21)/b12-7+. The topological polar surface area (TPSA) is 116 Å². The highest BCUT2D eigenvalue weighted by Crippen LogP contribution is 2.17. The molecule has 7 heteroatoms. The molecule has 0 bridgehead atoms. The van der Waals surface area contributed by atoms with Crippen molar-refractivity contribution in [3.05, 3.63) is 41.2 Å². The van der Waals surface area contributed by atoms with Gasteiger partial charge in [-0.25, -0.2) is 0 Å². The second kappa shape index (κ2) is 6.33. The fourth-order valence-corrected chi connectivity index (χ4v) is 1.67. The van der Waals surface area contributed by atoms with Crippen molar-refractivity contribution in [3.8, 4) is 12.1 Å². The lowest BCUT2D eigenvalue weighted by molar-refractivity contribution is 0.952. The Morgan fingerprint density at radius 1 is 1.14 bits per heavy atom. The summed E-state index contributed by atoms with van der Waals surface area (Å²) in [4.78, 5) is 13.9. The molecule has 0 aliphatic rings. The number of benzene rings is 1. The third-order valence-electron chi connectivity index (χ3n) is 2.75. The molecule has 2 aromatic rings. The van der Waals surface area contributed by atoms with Crippen LogP contribution in [-0.2, 0) is 0 Å². The molecule has 7 nitrogen and oxygen atoms in total. The number of nitrogens with zero attached hydrogens (tertiary/aromatic N) is 6. The van der Waals surface area contributed by atoms with E-state index >= 15 is 0 Å². The van der Waals surface area contributed by atoms with E-state index < -0.39 is 0 Å². The highest BCUT2D eigenvalue weighted by molar-refractivity contribution is 5.87. The average Bonchev–Trinajstić information content (AvgIpc) is 2.52. The number of rotatable bonds is 3. The van der Waals surface area contributed by atoms with E-state index in [0.717, 1.165) is 5.56 Å². The van der Waals surface area contributed by atoms with Gasteiger partial charge in [0.25, 0.3) is 0 Å². The summed E-state index contributed by atoms with van der Waals surface area (Å²) in [6, 6.07) is 10.9. The molecule has 0 saturated carbocycles. The maximum atomic E-state index is 9.34. The van der Waals surface area contributed by atoms with Gasteiger partial charge < -0.3 is 10.6 Å². The molecule has 0 amide bonds. The van der Waals surface area contributed by atoms with E-state index in [1.807, 2.05) is 6.07 Å². The van der Waals surface area contributed by atoms with Crippen molar-refractivity contribution >= 4 is 23.5 Å². The average molecular weight is 291 g/mol. The Morgan fingerprint density at radius 2 is 1.82 bits per heavy atom. The number of aromatic nitrogens is 3. The third-order valence-corrected chi connectivity index (χ3v) is 2.75. The van der Waals surface area contributed by atoms with Gasteiger partial charge in [-0.1, -0.05) is 12.1 Å². The van der Waals surface area contributed by atoms with Gasteiger partial charge in [-0.15, -0.1) is 0 Å². The molecule has 1 aromatic heterocycles. The molecule has 0 atom stereocenters. The number of nitrogen functional groups attached to an aromatic ring is 1. The molecule has 22 heavy (non-hydrogen) atoms. The highest BCUT2D eigenvalue weighted by atomic mass is 15.3. The molecule has 1 aromatic carbocycles. The molecular weight excluding hydrogens is 278 g/mol. The van der Waals surface area contributed by atoms with E-state index in [2.05, 4.69) is 21.0 Å². The number of anilines is 2. The summed E-state index contributed by atoms with van der Waals surface area (Å²) in [6.07, 6.45) is 1.63. The van der Waals surface area contributed by atoms with E-state index in [1.54, 1.807) is 49.3 Å². The molecular formula is C15H13N7. The van der Waals surface area contributed by atoms with Gasteiger partial charge in [0, 0.05) is 14.1 Å². The first kappa shape index (κ1) is 14.9. The Bertz CT molecular complexity index is 792.